The highest BCUT2D eigenvalue weighted by Crippen LogP contribution is 2.11. The summed E-state index contributed by atoms with van der Waals surface area (Å²) in [5, 5.41) is 0. The Morgan fingerprint density at radius 3 is 2.74 bits per heavy atom. The summed E-state index contributed by atoms with van der Waals surface area (Å²) in [6.45, 7) is 0.987. The monoisotopic (exact) mass is 255 g/mol. The first-order chi connectivity index (χ1) is 9.29. The number of hydrogen-bond acceptors (Lipinski definition) is 3. The van der Waals surface area contributed by atoms with Crippen LogP contribution in [0.15, 0.2) is 36.7 Å². The lowest BCUT2D eigenvalue weighted by atomic mass is 10.2. The van der Waals surface area contributed by atoms with Gasteiger partial charge >= 0.3 is 0 Å². The number of aromatic nitrogens is 2. The van der Waals surface area contributed by atoms with Gasteiger partial charge in [0.2, 0.25) is 0 Å². The quantitative estimate of drug-likeness (QED) is 0.839. The average molecular weight is 255 g/mol. The maximum absolute atomic E-state index is 5.67. The number of ether oxygens (including phenoxy) is 1. The molecule has 1 heterocycles. The molecule has 0 bridgehead atoms. The molecule has 0 aliphatic rings. The minimum Gasteiger partial charge on any atom is -0.493 e. The summed E-state index contributed by atoms with van der Waals surface area (Å²) in [6.07, 6.45) is 4.51. The number of nitrogens with two attached hydrogens (primary N) is 1. The molecule has 0 aliphatic heterocycles. The minimum atomic E-state index is 0.377. The number of nitrogens with zero attached hydrogens (tertiary/aromatic N) is 2. The number of hydrogen-bond donors (Lipinski definition) is 1. The highest BCUT2D eigenvalue weighted by Gasteiger charge is 1.99. The predicted molar refractivity (Wildman–Crippen MR) is 74.8 cm³/mol. The molecule has 0 aliphatic carbocycles. The van der Waals surface area contributed by atoms with Gasteiger partial charge in [-0.2, -0.15) is 0 Å². The van der Waals surface area contributed by atoms with E-state index in [1.807, 2.05) is 42.1 Å². The first-order valence-electron chi connectivity index (χ1n) is 6.17. The van der Waals surface area contributed by atoms with Gasteiger partial charge in [0.05, 0.1) is 13.2 Å². The van der Waals surface area contributed by atoms with Crippen molar-refractivity contribution in [1.29, 1.82) is 0 Å². The molecule has 0 saturated heterocycles. The third-order valence-electron chi connectivity index (χ3n) is 2.70. The fourth-order valence-corrected chi connectivity index (χ4v) is 1.69. The summed E-state index contributed by atoms with van der Waals surface area (Å²) in [7, 11) is 1.98. The number of aryl methyl sites for hydroxylation is 1. The highest BCUT2D eigenvalue weighted by molar-refractivity contribution is 5.38. The SMILES string of the molecule is Cn1ccnc1CCOc1ccc(C#CCN)cc1. The van der Waals surface area contributed by atoms with Crippen LogP contribution in [0.3, 0.4) is 0 Å². The Labute approximate surface area is 113 Å². The van der Waals surface area contributed by atoms with Crippen LogP contribution in [0.25, 0.3) is 0 Å². The molecule has 4 heteroatoms. The molecule has 1 aromatic carbocycles. The molecule has 0 atom stereocenters. The van der Waals surface area contributed by atoms with E-state index >= 15 is 0 Å². The van der Waals surface area contributed by atoms with Crippen molar-refractivity contribution < 1.29 is 4.74 Å². The highest BCUT2D eigenvalue weighted by atomic mass is 16.5. The Morgan fingerprint density at radius 2 is 2.11 bits per heavy atom. The van der Waals surface area contributed by atoms with Crippen molar-refractivity contribution in [3.63, 3.8) is 0 Å². The van der Waals surface area contributed by atoms with E-state index in [4.69, 9.17) is 10.5 Å². The Morgan fingerprint density at radius 1 is 1.32 bits per heavy atom. The molecule has 0 radical (unpaired) electrons. The number of benzene rings is 1. The molecule has 0 unspecified atom stereocenters. The molecule has 0 amide bonds. The van der Waals surface area contributed by atoms with Crippen LogP contribution in [0.2, 0.25) is 0 Å². The third-order valence-corrected chi connectivity index (χ3v) is 2.70. The molecule has 2 rings (SSSR count). The zero-order valence-corrected chi connectivity index (χ0v) is 11.0. The summed E-state index contributed by atoms with van der Waals surface area (Å²) < 4.78 is 7.66. The van der Waals surface area contributed by atoms with Crippen LogP contribution in [0.1, 0.15) is 11.4 Å². The van der Waals surface area contributed by atoms with Crippen LogP contribution >= 0.6 is 0 Å². The van der Waals surface area contributed by atoms with Gasteiger partial charge in [0.15, 0.2) is 0 Å². The van der Waals surface area contributed by atoms with E-state index in [1.54, 1.807) is 6.20 Å². The fourth-order valence-electron chi connectivity index (χ4n) is 1.69. The van der Waals surface area contributed by atoms with E-state index in [0.29, 0.717) is 13.2 Å². The molecule has 0 saturated carbocycles. The van der Waals surface area contributed by atoms with Crippen LogP contribution in [0, 0.1) is 11.8 Å². The van der Waals surface area contributed by atoms with Gasteiger partial charge in [-0.25, -0.2) is 4.98 Å². The van der Waals surface area contributed by atoms with Gasteiger partial charge in [-0.1, -0.05) is 11.8 Å². The van der Waals surface area contributed by atoms with Crippen molar-refractivity contribution in [1.82, 2.24) is 9.55 Å². The second-order valence-corrected chi connectivity index (χ2v) is 4.08. The van der Waals surface area contributed by atoms with E-state index in [1.165, 1.54) is 0 Å². The molecular formula is C15H17N3O. The van der Waals surface area contributed by atoms with Crippen LogP contribution in [0.4, 0.5) is 0 Å². The van der Waals surface area contributed by atoms with Crippen molar-refractivity contribution in [3.8, 4) is 17.6 Å². The fraction of sp³-hybridized carbons (Fsp3) is 0.267. The molecule has 2 aromatic rings. The molecule has 1 aromatic heterocycles. The Balaban J connectivity index is 1.85. The van der Waals surface area contributed by atoms with Gasteiger partial charge in [0.1, 0.15) is 11.6 Å². The van der Waals surface area contributed by atoms with Crippen LogP contribution in [0.5, 0.6) is 5.75 Å². The van der Waals surface area contributed by atoms with Crippen LogP contribution < -0.4 is 10.5 Å². The standard InChI is InChI=1S/C15H17N3O/c1-18-11-10-17-15(18)8-12-19-14-6-4-13(5-7-14)3-2-9-16/h4-7,10-11H,8-9,12,16H2,1H3. The van der Waals surface area contributed by atoms with Gasteiger partial charge in [-0.15, -0.1) is 0 Å². The van der Waals surface area contributed by atoms with E-state index in [0.717, 1.165) is 23.6 Å². The summed E-state index contributed by atoms with van der Waals surface area (Å²) in [5.41, 5.74) is 6.27. The normalized spacial score (nSPS) is 9.79. The van der Waals surface area contributed by atoms with Gasteiger partial charge in [-0.3, -0.25) is 0 Å². The zero-order chi connectivity index (χ0) is 13.5. The summed E-state index contributed by atoms with van der Waals surface area (Å²) >= 11 is 0. The van der Waals surface area contributed by atoms with Crippen molar-refractivity contribution in [3.05, 3.63) is 48.0 Å². The lowest BCUT2D eigenvalue weighted by Gasteiger charge is -2.06. The lowest BCUT2D eigenvalue weighted by Crippen LogP contribution is -2.06. The molecule has 2 N–H and O–H groups in total. The molecule has 19 heavy (non-hydrogen) atoms. The largest absolute Gasteiger partial charge is 0.493 e. The summed E-state index contributed by atoms with van der Waals surface area (Å²) in [6, 6.07) is 7.69. The van der Waals surface area contributed by atoms with Crippen molar-refractivity contribution >= 4 is 0 Å². The smallest absolute Gasteiger partial charge is 0.119 e. The predicted octanol–water partition coefficient (Wildman–Crippen LogP) is 1.35. The molecule has 0 spiro atoms. The summed E-state index contributed by atoms with van der Waals surface area (Å²) in [4.78, 5) is 4.25. The van der Waals surface area contributed by atoms with Crippen LogP contribution in [-0.4, -0.2) is 22.7 Å². The number of rotatable bonds is 4. The van der Waals surface area contributed by atoms with Gasteiger partial charge in [0.25, 0.3) is 0 Å². The summed E-state index contributed by atoms with van der Waals surface area (Å²) in [5.74, 6) is 7.65. The Hall–Kier alpha value is -2.25. The van der Waals surface area contributed by atoms with Gasteiger partial charge < -0.3 is 15.0 Å². The maximum Gasteiger partial charge on any atom is 0.119 e. The van der Waals surface area contributed by atoms with E-state index in [2.05, 4.69) is 16.8 Å². The van der Waals surface area contributed by atoms with Crippen LogP contribution in [-0.2, 0) is 13.5 Å². The maximum atomic E-state index is 5.67. The second-order valence-electron chi connectivity index (χ2n) is 4.08. The van der Waals surface area contributed by atoms with Crippen molar-refractivity contribution in [2.75, 3.05) is 13.2 Å². The Kier molecular flexibility index (Phi) is 4.60. The third kappa shape index (κ3) is 3.87. The molecule has 4 nitrogen and oxygen atoms in total. The van der Waals surface area contributed by atoms with E-state index < -0.39 is 0 Å². The van der Waals surface area contributed by atoms with Gasteiger partial charge in [-0.05, 0) is 24.3 Å². The Bertz CT molecular complexity index is 575. The van der Waals surface area contributed by atoms with Crippen molar-refractivity contribution in [2.45, 2.75) is 6.42 Å². The molecular weight excluding hydrogens is 238 g/mol. The molecule has 0 fully saturated rings. The first-order valence-corrected chi connectivity index (χ1v) is 6.17. The number of imidazole rings is 1. The molecule has 98 valence electrons. The minimum absolute atomic E-state index is 0.377. The zero-order valence-electron chi connectivity index (χ0n) is 11.0. The van der Waals surface area contributed by atoms with E-state index in [-0.39, 0.29) is 0 Å². The van der Waals surface area contributed by atoms with Crippen molar-refractivity contribution in [2.24, 2.45) is 12.8 Å². The topological polar surface area (TPSA) is 53.1 Å². The average Bonchev–Trinajstić information content (AvgIpc) is 2.84. The second kappa shape index (κ2) is 6.62. The first kappa shape index (κ1) is 13.2. The lowest BCUT2D eigenvalue weighted by molar-refractivity contribution is 0.317. The van der Waals surface area contributed by atoms with E-state index in [9.17, 15) is 0 Å². The van der Waals surface area contributed by atoms with Gasteiger partial charge in [0, 0.05) is 31.4 Å².